The molecular formula is C18H23ClN6O. The van der Waals surface area contributed by atoms with Gasteiger partial charge in [0.15, 0.2) is 0 Å². The van der Waals surface area contributed by atoms with E-state index in [-0.39, 0.29) is 18.4 Å². The molecule has 3 rings (SSSR count). The van der Waals surface area contributed by atoms with Gasteiger partial charge in [-0.15, -0.1) is 12.4 Å². The Morgan fingerprint density at radius 3 is 2.46 bits per heavy atom. The van der Waals surface area contributed by atoms with E-state index in [9.17, 15) is 0 Å². The van der Waals surface area contributed by atoms with Crippen LogP contribution in [-0.4, -0.2) is 17.6 Å². The zero-order valence-corrected chi connectivity index (χ0v) is 15.5. The minimum atomic E-state index is -0.636. The molecule has 0 aromatic heterocycles. The summed E-state index contributed by atoms with van der Waals surface area (Å²) in [6, 6.07) is 15.2. The maximum Gasteiger partial charge on any atom is 0.220 e. The molecular weight excluding hydrogens is 352 g/mol. The number of guanidine groups is 2. The van der Waals surface area contributed by atoms with Crippen molar-refractivity contribution in [2.24, 2.45) is 21.5 Å². The van der Waals surface area contributed by atoms with E-state index in [1.165, 1.54) is 0 Å². The zero-order chi connectivity index (χ0) is 18.0. The summed E-state index contributed by atoms with van der Waals surface area (Å²) in [5.74, 6) is 1.18. The predicted octanol–water partition coefficient (Wildman–Crippen LogP) is 2.46. The first kappa shape index (κ1) is 19.4. The van der Waals surface area contributed by atoms with Crippen LogP contribution in [0.2, 0.25) is 0 Å². The Hall–Kier alpha value is -2.93. The Balaban J connectivity index is 0.00000243. The summed E-state index contributed by atoms with van der Waals surface area (Å²) < 4.78 is 5.88. The number of nitrogens with two attached hydrogens (primary N) is 3. The van der Waals surface area contributed by atoms with Gasteiger partial charge in [0.2, 0.25) is 11.9 Å². The molecule has 0 radical (unpaired) electrons. The SMILES string of the molecule is CC1(C)N=C(N)N=C(N)N1c1cccc(OCc2cccc(N)c2)c1.Cl. The number of anilines is 2. The second-order valence-electron chi connectivity index (χ2n) is 6.30. The normalized spacial score (nSPS) is 15.5. The van der Waals surface area contributed by atoms with E-state index in [4.69, 9.17) is 21.9 Å². The van der Waals surface area contributed by atoms with Crippen LogP contribution in [0.1, 0.15) is 19.4 Å². The van der Waals surface area contributed by atoms with Gasteiger partial charge in [0, 0.05) is 17.4 Å². The molecule has 0 amide bonds. The smallest absolute Gasteiger partial charge is 0.220 e. The molecule has 1 heterocycles. The van der Waals surface area contributed by atoms with Crippen LogP contribution in [0.5, 0.6) is 5.75 Å². The zero-order valence-electron chi connectivity index (χ0n) is 14.7. The lowest BCUT2D eigenvalue weighted by molar-refractivity contribution is 0.306. The molecule has 138 valence electrons. The molecule has 7 nitrogen and oxygen atoms in total. The predicted molar refractivity (Wildman–Crippen MR) is 109 cm³/mol. The molecule has 0 fully saturated rings. The Bertz CT molecular complexity index is 849. The molecule has 0 atom stereocenters. The topological polar surface area (TPSA) is 115 Å². The second-order valence-corrected chi connectivity index (χ2v) is 6.30. The number of nitrogen functional groups attached to an aromatic ring is 1. The summed E-state index contributed by atoms with van der Waals surface area (Å²) in [5.41, 5.74) is 19.5. The number of hydrogen-bond acceptors (Lipinski definition) is 7. The number of hydrogen-bond donors (Lipinski definition) is 3. The van der Waals surface area contributed by atoms with Gasteiger partial charge in [-0.05, 0) is 43.7 Å². The molecule has 2 aromatic carbocycles. The Labute approximate surface area is 159 Å². The number of halogens is 1. The molecule has 1 aliphatic rings. The van der Waals surface area contributed by atoms with E-state index in [0.29, 0.717) is 24.0 Å². The number of nitrogens with zero attached hydrogens (tertiary/aromatic N) is 3. The standard InChI is InChI=1S/C18H22N6O.ClH/c1-18(2)23-16(20)22-17(21)24(18)14-7-4-8-15(10-14)25-11-12-5-3-6-13(19)9-12;/h3-10H,11,19H2,1-2H3,(H4,20,21,22,23);1H. The highest BCUT2D eigenvalue weighted by Crippen LogP contribution is 2.30. The van der Waals surface area contributed by atoms with Gasteiger partial charge in [0.25, 0.3) is 0 Å². The molecule has 0 bridgehead atoms. The average Bonchev–Trinajstić information content (AvgIpc) is 2.51. The van der Waals surface area contributed by atoms with Crippen LogP contribution in [0.4, 0.5) is 11.4 Å². The molecule has 0 unspecified atom stereocenters. The largest absolute Gasteiger partial charge is 0.489 e. The van der Waals surface area contributed by atoms with Crippen molar-refractivity contribution < 1.29 is 4.74 Å². The number of benzene rings is 2. The molecule has 0 saturated heterocycles. The lowest BCUT2D eigenvalue weighted by Gasteiger charge is -2.38. The second kappa shape index (κ2) is 7.53. The van der Waals surface area contributed by atoms with Gasteiger partial charge in [0.1, 0.15) is 18.0 Å². The van der Waals surface area contributed by atoms with Crippen LogP contribution in [0.25, 0.3) is 0 Å². The van der Waals surface area contributed by atoms with Crippen molar-refractivity contribution in [3.05, 3.63) is 54.1 Å². The Kier molecular flexibility index (Phi) is 5.62. The fourth-order valence-electron chi connectivity index (χ4n) is 2.81. The summed E-state index contributed by atoms with van der Waals surface area (Å²) >= 11 is 0. The summed E-state index contributed by atoms with van der Waals surface area (Å²) in [5, 5.41) is 0. The molecule has 1 aliphatic heterocycles. The molecule has 0 saturated carbocycles. The van der Waals surface area contributed by atoms with Gasteiger partial charge in [-0.3, -0.25) is 4.90 Å². The maximum atomic E-state index is 6.07. The van der Waals surface area contributed by atoms with Crippen LogP contribution in [-0.2, 0) is 6.61 Å². The first-order valence-corrected chi connectivity index (χ1v) is 7.92. The van der Waals surface area contributed by atoms with Gasteiger partial charge >= 0.3 is 0 Å². The van der Waals surface area contributed by atoms with Gasteiger partial charge in [-0.1, -0.05) is 18.2 Å². The van der Waals surface area contributed by atoms with E-state index < -0.39 is 5.66 Å². The highest BCUT2D eigenvalue weighted by molar-refractivity contribution is 6.05. The fourth-order valence-corrected chi connectivity index (χ4v) is 2.81. The summed E-state index contributed by atoms with van der Waals surface area (Å²) in [7, 11) is 0. The molecule has 0 aliphatic carbocycles. The summed E-state index contributed by atoms with van der Waals surface area (Å²) in [4.78, 5) is 10.2. The van der Waals surface area contributed by atoms with E-state index >= 15 is 0 Å². The third kappa shape index (κ3) is 4.18. The highest BCUT2D eigenvalue weighted by atomic mass is 35.5. The Morgan fingerprint density at radius 2 is 1.77 bits per heavy atom. The number of aliphatic imine (C=N–C) groups is 2. The van der Waals surface area contributed by atoms with Crippen molar-refractivity contribution in [1.82, 2.24) is 0 Å². The first-order chi connectivity index (χ1) is 11.8. The lowest BCUT2D eigenvalue weighted by atomic mass is 10.1. The van der Waals surface area contributed by atoms with Gasteiger partial charge in [-0.25, -0.2) is 4.99 Å². The lowest BCUT2D eigenvalue weighted by Crippen LogP contribution is -2.54. The number of rotatable bonds is 4. The van der Waals surface area contributed by atoms with Crippen LogP contribution in [0, 0.1) is 0 Å². The minimum absolute atomic E-state index is 0. The van der Waals surface area contributed by atoms with E-state index in [2.05, 4.69) is 9.98 Å². The van der Waals surface area contributed by atoms with Crippen molar-refractivity contribution in [2.45, 2.75) is 26.1 Å². The quantitative estimate of drug-likeness (QED) is 0.711. The minimum Gasteiger partial charge on any atom is -0.489 e. The van der Waals surface area contributed by atoms with E-state index in [1.54, 1.807) is 0 Å². The first-order valence-electron chi connectivity index (χ1n) is 7.92. The van der Waals surface area contributed by atoms with Crippen molar-refractivity contribution in [2.75, 3.05) is 10.6 Å². The van der Waals surface area contributed by atoms with Crippen LogP contribution in [0.3, 0.4) is 0 Å². The summed E-state index contributed by atoms with van der Waals surface area (Å²) in [6.45, 7) is 4.26. The van der Waals surface area contributed by atoms with E-state index in [1.807, 2.05) is 67.3 Å². The van der Waals surface area contributed by atoms with Crippen molar-refractivity contribution in [1.29, 1.82) is 0 Å². The van der Waals surface area contributed by atoms with E-state index in [0.717, 1.165) is 11.3 Å². The fraction of sp³-hybridized carbons (Fsp3) is 0.222. The van der Waals surface area contributed by atoms with Crippen LogP contribution >= 0.6 is 12.4 Å². The van der Waals surface area contributed by atoms with Gasteiger partial charge in [0.05, 0.1) is 0 Å². The van der Waals surface area contributed by atoms with Crippen molar-refractivity contribution >= 4 is 35.7 Å². The molecule has 8 heteroatoms. The highest BCUT2D eigenvalue weighted by Gasteiger charge is 2.33. The van der Waals surface area contributed by atoms with Gasteiger partial charge in [-0.2, -0.15) is 4.99 Å². The monoisotopic (exact) mass is 374 g/mol. The molecule has 0 spiro atoms. The van der Waals surface area contributed by atoms with Crippen LogP contribution in [0.15, 0.2) is 58.5 Å². The summed E-state index contributed by atoms with van der Waals surface area (Å²) in [6.07, 6.45) is 0. The van der Waals surface area contributed by atoms with Crippen LogP contribution < -0.4 is 26.8 Å². The Morgan fingerprint density at radius 1 is 1.04 bits per heavy atom. The van der Waals surface area contributed by atoms with Crippen molar-refractivity contribution in [3.63, 3.8) is 0 Å². The molecule has 2 aromatic rings. The third-order valence-corrected chi connectivity index (χ3v) is 3.83. The molecule has 26 heavy (non-hydrogen) atoms. The van der Waals surface area contributed by atoms with Gasteiger partial charge < -0.3 is 21.9 Å². The average molecular weight is 375 g/mol. The maximum absolute atomic E-state index is 6.07. The van der Waals surface area contributed by atoms with Crippen molar-refractivity contribution in [3.8, 4) is 5.75 Å². The number of ether oxygens (including phenoxy) is 1. The molecule has 6 N–H and O–H groups in total. The third-order valence-electron chi connectivity index (χ3n) is 3.83.